The number of esters is 1. The predicted octanol–water partition coefficient (Wildman–Crippen LogP) is 2.91. The highest BCUT2D eigenvalue weighted by Crippen LogP contribution is 2.27. The first-order valence-corrected chi connectivity index (χ1v) is 15.7. The molecule has 0 unspecified atom stereocenters. The van der Waals surface area contributed by atoms with Crippen LogP contribution in [0.5, 0.6) is 5.75 Å². The second kappa shape index (κ2) is 13.7. The van der Waals surface area contributed by atoms with E-state index in [0.29, 0.717) is 13.0 Å². The Morgan fingerprint density at radius 3 is 1.77 bits per heavy atom. The van der Waals surface area contributed by atoms with E-state index in [0.717, 1.165) is 55.0 Å². The number of benzene rings is 3. The van der Waals surface area contributed by atoms with Crippen molar-refractivity contribution in [2.75, 3.05) is 13.1 Å². The number of unbranched alkanes of at least 4 members (excludes halogenated alkanes) is 1. The van der Waals surface area contributed by atoms with Crippen molar-refractivity contribution < 1.29 is 49.9 Å². The van der Waals surface area contributed by atoms with Crippen LogP contribution >= 0.6 is 0 Å². The summed E-state index contributed by atoms with van der Waals surface area (Å²) in [7, 11) is -9.83. The molecule has 3 aromatic carbocycles. The number of carbonyl (C=O) groups excluding carboxylic acids is 4. The van der Waals surface area contributed by atoms with Gasteiger partial charge < -0.3 is 15.4 Å². The maximum atomic E-state index is 13.1. The van der Waals surface area contributed by atoms with Gasteiger partial charge >= 0.3 is 5.97 Å². The van der Waals surface area contributed by atoms with Crippen molar-refractivity contribution >= 4 is 43.8 Å². The molecule has 0 aliphatic carbocycles. The monoisotopic (exact) mass is 632 g/mol. The van der Waals surface area contributed by atoms with Gasteiger partial charge in [0.15, 0.2) is 11.5 Å². The van der Waals surface area contributed by atoms with Gasteiger partial charge in [-0.2, -0.15) is 16.8 Å². The zero-order valence-electron chi connectivity index (χ0n) is 23.0. The number of ether oxygens (including phenoxy) is 1. The molecule has 43 heavy (non-hydrogen) atoms. The normalized spacial score (nSPS) is 11.4. The standard InChI is InChI=1S/C28H28N2O11S2/c1-3-5-14-30-27(33)20-11-13-22(24(16-20)43(38,39)40)41-28(34)18-8-6-17(7-9-18)25(31)21-12-10-19(26(32)29-4-2)15-23(21)42(35,36)37/h6-13,15-16H,3-5,14H2,1-2H3,(H,29,32)(H,30,33)(H,35,36,37)(H,38,39,40). The average molecular weight is 633 g/mol. The molecule has 0 saturated heterocycles. The van der Waals surface area contributed by atoms with Crippen LogP contribution in [0.3, 0.4) is 0 Å². The molecule has 0 aliphatic heterocycles. The highest BCUT2D eigenvalue weighted by molar-refractivity contribution is 7.86. The second-order valence-corrected chi connectivity index (χ2v) is 11.9. The minimum Gasteiger partial charge on any atom is -0.421 e. The van der Waals surface area contributed by atoms with Gasteiger partial charge in [0.25, 0.3) is 32.1 Å². The minimum absolute atomic E-state index is 0.0883. The Morgan fingerprint density at radius 1 is 0.698 bits per heavy atom. The Morgan fingerprint density at radius 2 is 1.21 bits per heavy atom. The van der Waals surface area contributed by atoms with Crippen molar-refractivity contribution in [3.63, 3.8) is 0 Å². The fourth-order valence-electron chi connectivity index (χ4n) is 3.82. The molecule has 0 aromatic heterocycles. The number of ketones is 1. The van der Waals surface area contributed by atoms with Crippen LogP contribution in [0, 0.1) is 0 Å². The summed E-state index contributed by atoms with van der Waals surface area (Å²) in [6.45, 7) is 4.18. The summed E-state index contributed by atoms with van der Waals surface area (Å²) >= 11 is 0. The summed E-state index contributed by atoms with van der Waals surface area (Å²) in [5.41, 5.74) is -0.860. The highest BCUT2D eigenvalue weighted by atomic mass is 32.2. The SMILES string of the molecule is CCCCNC(=O)c1ccc(OC(=O)c2ccc(C(=O)c3ccc(C(=O)NCC)cc3S(=O)(=O)O)cc2)c(S(=O)(=O)O)c1. The van der Waals surface area contributed by atoms with E-state index >= 15 is 0 Å². The van der Waals surface area contributed by atoms with Crippen LogP contribution in [0.4, 0.5) is 0 Å². The number of carbonyl (C=O) groups is 4. The summed E-state index contributed by atoms with van der Waals surface area (Å²) in [6.07, 6.45) is 1.52. The summed E-state index contributed by atoms with van der Waals surface area (Å²) in [4.78, 5) is 48.7. The minimum atomic E-state index is -4.92. The molecule has 0 radical (unpaired) electrons. The van der Waals surface area contributed by atoms with E-state index < -0.39 is 64.9 Å². The molecule has 13 nitrogen and oxygen atoms in total. The highest BCUT2D eigenvalue weighted by Gasteiger charge is 2.25. The van der Waals surface area contributed by atoms with Gasteiger partial charge in [0.1, 0.15) is 9.79 Å². The third-order valence-electron chi connectivity index (χ3n) is 5.99. The van der Waals surface area contributed by atoms with Gasteiger partial charge in [-0.1, -0.05) is 25.5 Å². The van der Waals surface area contributed by atoms with E-state index in [1.54, 1.807) is 6.92 Å². The molecule has 228 valence electrons. The molecule has 4 N–H and O–H groups in total. The zero-order chi connectivity index (χ0) is 31.9. The number of amides is 2. The topological polar surface area (TPSA) is 210 Å². The molecule has 3 aromatic rings. The van der Waals surface area contributed by atoms with Crippen LogP contribution in [-0.4, -0.2) is 62.6 Å². The quantitative estimate of drug-likeness (QED) is 0.0750. The molecule has 3 rings (SSSR count). The lowest BCUT2D eigenvalue weighted by atomic mass is 10.0. The summed E-state index contributed by atoms with van der Waals surface area (Å²) < 4.78 is 72.4. The fourth-order valence-corrected chi connectivity index (χ4v) is 5.17. The van der Waals surface area contributed by atoms with E-state index in [-0.39, 0.29) is 28.8 Å². The van der Waals surface area contributed by atoms with Gasteiger partial charge in [-0.25, -0.2) is 4.79 Å². The van der Waals surface area contributed by atoms with E-state index in [1.807, 2.05) is 6.92 Å². The maximum Gasteiger partial charge on any atom is 0.343 e. The van der Waals surface area contributed by atoms with Crippen molar-refractivity contribution in [3.05, 3.63) is 88.5 Å². The lowest BCUT2D eigenvalue weighted by molar-refractivity contribution is 0.0729. The first-order valence-electron chi connectivity index (χ1n) is 12.8. The average Bonchev–Trinajstić information content (AvgIpc) is 2.96. The van der Waals surface area contributed by atoms with Crippen LogP contribution in [0.25, 0.3) is 0 Å². The van der Waals surface area contributed by atoms with Gasteiger partial charge in [-0.3, -0.25) is 23.5 Å². The molecular weight excluding hydrogens is 604 g/mol. The third-order valence-corrected chi connectivity index (χ3v) is 7.76. The molecule has 0 saturated carbocycles. The molecule has 0 spiro atoms. The van der Waals surface area contributed by atoms with Gasteiger partial charge in [-0.05, 0) is 61.9 Å². The van der Waals surface area contributed by atoms with E-state index in [2.05, 4.69) is 10.6 Å². The molecule has 2 amide bonds. The van der Waals surface area contributed by atoms with Crippen molar-refractivity contribution in [2.24, 2.45) is 0 Å². The molecule has 0 atom stereocenters. The van der Waals surface area contributed by atoms with Crippen LogP contribution in [-0.2, 0) is 20.2 Å². The van der Waals surface area contributed by atoms with Crippen LogP contribution in [0.15, 0.2) is 70.5 Å². The second-order valence-electron chi connectivity index (χ2n) is 9.09. The van der Waals surface area contributed by atoms with Crippen molar-refractivity contribution in [1.82, 2.24) is 10.6 Å². The van der Waals surface area contributed by atoms with E-state index in [9.17, 15) is 45.1 Å². The largest absolute Gasteiger partial charge is 0.421 e. The Hall–Kier alpha value is -4.44. The molecule has 0 aliphatic rings. The maximum absolute atomic E-state index is 13.1. The van der Waals surface area contributed by atoms with Crippen LogP contribution in [0.1, 0.15) is 73.7 Å². The van der Waals surface area contributed by atoms with Crippen molar-refractivity contribution in [1.29, 1.82) is 0 Å². The number of hydrogen-bond acceptors (Lipinski definition) is 9. The van der Waals surface area contributed by atoms with Crippen LogP contribution < -0.4 is 15.4 Å². The Balaban J connectivity index is 1.86. The van der Waals surface area contributed by atoms with Crippen LogP contribution in [0.2, 0.25) is 0 Å². The zero-order valence-corrected chi connectivity index (χ0v) is 24.6. The van der Waals surface area contributed by atoms with Crippen molar-refractivity contribution in [2.45, 2.75) is 36.5 Å². The van der Waals surface area contributed by atoms with E-state index in [1.165, 1.54) is 12.1 Å². The molecule has 0 fully saturated rings. The lowest BCUT2D eigenvalue weighted by Crippen LogP contribution is -2.24. The van der Waals surface area contributed by atoms with Crippen molar-refractivity contribution in [3.8, 4) is 5.75 Å². The third kappa shape index (κ3) is 8.32. The first-order chi connectivity index (χ1) is 20.2. The Bertz CT molecular complexity index is 1780. The van der Waals surface area contributed by atoms with Gasteiger partial charge in [0.2, 0.25) is 0 Å². The molecule has 0 bridgehead atoms. The smallest absolute Gasteiger partial charge is 0.343 e. The van der Waals surface area contributed by atoms with Gasteiger partial charge in [-0.15, -0.1) is 0 Å². The summed E-state index contributed by atoms with van der Waals surface area (Å²) in [6, 6.07) is 10.9. The molecule has 0 heterocycles. The number of nitrogens with one attached hydrogen (secondary N) is 2. The lowest BCUT2D eigenvalue weighted by Gasteiger charge is -2.11. The summed E-state index contributed by atoms with van der Waals surface area (Å²) in [5, 5.41) is 5.07. The number of rotatable bonds is 12. The Kier molecular flexibility index (Phi) is 10.5. The number of hydrogen-bond donors (Lipinski definition) is 4. The van der Waals surface area contributed by atoms with E-state index in [4.69, 9.17) is 4.74 Å². The predicted molar refractivity (Wildman–Crippen MR) is 153 cm³/mol. The first kappa shape index (κ1) is 33.1. The molecule has 15 heteroatoms. The van der Waals surface area contributed by atoms with Gasteiger partial charge in [0.05, 0.1) is 5.56 Å². The van der Waals surface area contributed by atoms with Gasteiger partial charge in [0, 0.05) is 35.3 Å². The Labute approximate surface area is 247 Å². The summed E-state index contributed by atoms with van der Waals surface area (Å²) in [5.74, 6) is -3.68. The molecular formula is C28H28N2O11S2. The fraction of sp³-hybridized carbons (Fsp3) is 0.214.